The number of hydrogen-bond donors (Lipinski definition) is 1. The molecule has 0 unspecified atom stereocenters. The standard InChI is InChI=1S/C36H32N4O4/c1-38(18-7-16-37-17-19-39-33(41)27-13-4-9-23-10-5-14-28(30(23)27)34(39)42)20-21-40-35(43)29-15-6-11-25-22-24-8-2-3-12-26(24)32(31(25)29)36(40)44/h2-6,8-15,22,37H,7,16-21H2,1H3. The first-order valence-electron chi connectivity index (χ1n) is 15.0. The molecule has 0 saturated heterocycles. The van der Waals surface area contributed by atoms with Crippen LogP contribution in [-0.2, 0) is 0 Å². The van der Waals surface area contributed by atoms with Crippen LogP contribution in [-0.4, -0.2) is 84.6 Å². The van der Waals surface area contributed by atoms with E-state index in [-0.39, 0.29) is 23.6 Å². The molecular formula is C36H32N4O4. The summed E-state index contributed by atoms with van der Waals surface area (Å²) in [5, 5.41) is 8.47. The highest BCUT2D eigenvalue weighted by Crippen LogP contribution is 2.35. The Balaban J connectivity index is 0.917. The highest BCUT2D eigenvalue weighted by molar-refractivity contribution is 6.30. The first-order valence-corrected chi connectivity index (χ1v) is 15.0. The second-order valence-electron chi connectivity index (χ2n) is 11.5. The maximum atomic E-state index is 13.7. The van der Waals surface area contributed by atoms with Gasteiger partial charge in [-0.25, -0.2) is 0 Å². The molecule has 5 aromatic rings. The van der Waals surface area contributed by atoms with E-state index in [1.165, 1.54) is 9.80 Å². The van der Waals surface area contributed by atoms with Crippen LogP contribution in [0.4, 0.5) is 0 Å². The van der Waals surface area contributed by atoms with E-state index in [1.54, 1.807) is 12.1 Å². The van der Waals surface area contributed by atoms with Crippen molar-refractivity contribution in [1.82, 2.24) is 20.0 Å². The van der Waals surface area contributed by atoms with E-state index in [2.05, 4.69) is 10.2 Å². The second-order valence-corrected chi connectivity index (χ2v) is 11.5. The molecule has 8 nitrogen and oxygen atoms in total. The first kappa shape index (κ1) is 27.9. The normalized spacial score (nSPS) is 14.6. The van der Waals surface area contributed by atoms with Gasteiger partial charge in [0.25, 0.3) is 23.6 Å². The summed E-state index contributed by atoms with van der Waals surface area (Å²) in [7, 11) is 1.98. The van der Waals surface area contributed by atoms with Crippen LogP contribution in [0.5, 0.6) is 0 Å². The molecule has 1 N–H and O–H groups in total. The third-order valence-electron chi connectivity index (χ3n) is 8.79. The Labute approximate surface area is 254 Å². The number of carbonyl (C=O) groups excluding carboxylic acids is 4. The van der Waals surface area contributed by atoms with E-state index in [0.29, 0.717) is 55.0 Å². The van der Waals surface area contributed by atoms with Crippen LogP contribution >= 0.6 is 0 Å². The molecule has 220 valence electrons. The molecule has 44 heavy (non-hydrogen) atoms. The topological polar surface area (TPSA) is 90.0 Å². The van der Waals surface area contributed by atoms with Crippen molar-refractivity contribution in [3.05, 3.63) is 107 Å². The van der Waals surface area contributed by atoms with Gasteiger partial charge >= 0.3 is 0 Å². The van der Waals surface area contributed by atoms with Crippen molar-refractivity contribution in [2.75, 3.05) is 46.3 Å². The summed E-state index contributed by atoms with van der Waals surface area (Å²) < 4.78 is 0. The van der Waals surface area contributed by atoms with Crippen LogP contribution in [0.2, 0.25) is 0 Å². The van der Waals surface area contributed by atoms with E-state index < -0.39 is 0 Å². The molecule has 2 aliphatic heterocycles. The predicted octanol–water partition coefficient (Wildman–Crippen LogP) is 4.95. The summed E-state index contributed by atoms with van der Waals surface area (Å²) in [4.78, 5) is 58.1. The molecule has 0 bridgehead atoms. The van der Waals surface area contributed by atoms with E-state index in [9.17, 15) is 19.2 Å². The number of amides is 4. The van der Waals surface area contributed by atoms with Gasteiger partial charge in [-0.05, 0) is 72.4 Å². The molecule has 7 rings (SSSR count). The molecule has 0 spiro atoms. The number of benzene rings is 5. The van der Waals surface area contributed by atoms with E-state index in [1.807, 2.05) is 79.8 Å². The lowest BCUT2D eigenvalue weighted by molar-refractivity contribution is 0.0590. The van der Waals surface area contributed by atoms with Crippen LogP contribution < -0.4 is 5.32 Å². The number of nitrogens with zero attached hydrogens (tertiary/aromatic N) is 3. The highest BCUT2D eigenvalue weighted by Gasteiger charge is 2.34. The Morgan fingerprint density at radius 3 is 1.89 bits per heavy atom. The molecule has 2 heterocycles. The number of carbonyl (C=O) groups is 4. The molecular weight excluding hydrogens is 552 g/mol. The number of rotatable bonds is 10. The predicted molar refractivity (Wildman–Crippen MR) is 171 cm³/mol. The van der Waals surface area contributed by atoms with Crippen LogP contribution in [0.25, 0.3) is 32.3 Å². The van der Waals surface area contributed by atoms with E-state index in [0.717, 1.165) is 45.3 Å². The average Bonchev–Trinajstić information content (AvgIpc) is 3.04. The summed E-state index contributed by atoms with van der Waals surface area (Å²) in [6.45, 7) is 3.10. The third-order valence-corrected chi connectivity index (χ3v) is 8.79. The minimum Gasteiger partial charge on any atom is -0.315 e. The molecule has 2 aliphatic rings. The molecule has 4 amide bonds. The molecule has 0 fully saturated rings. The van der Waals surface area contributed by atoms with Crippen molar-refractivity contribution >= 4 is 55.9 Å². The minimum atomic E-state index is -0.255. The summed E-state index contributed by atoms with van der Waals surface area (Å²) >= 11 is 0. The van der Waals surface area contributed by atoms with Crippen molar-refractivity contribution < 1.29 is 19.2 Å². The largest absolute Gasteiger partial charge is 0.315 e. The minimum absolute atomic E-state index is 0.244. The summed E-state index contributed by atoms with van der Waals surface area (Å²) in [6, 6.07) is 26.6. The van der Waals surface area contributed by atoms with Gasteiger partial charge in [0.05, 0.1) is 5.56 Å². The van der Waals surface area contributed by atoms with Gasteiger partial charge in [-0.3, -0.25) is 29.0 Å². The quantitative estimate of drug-likeness (QED) is 0.142. The molecule has 0 atom stereocenters. The SMILES string of the molecule is CN(CCCNCCN1C(=O)c2cccc3cccc(c23)C1=O)CCN1C(=O)c2cccc3cc4ccccc4c(c23)C1=O. The fourth-order valence-corrected chi connectivity index (χ4v) is 6.55. The number of imide groups is 2. The average molecular weight is 585 g/mol. The number of fused-ring (bicyclic) bond motifs is 2. The molecule has 0 aliphatic carbocycles. The van der Waals surface area contributed by atoms with Crippen LogP contribution in [0.15, 0.2) is 84.9 Å². The van der Waals surface area contributed by atoms with Crippen molar-refractivity contribution in [1.29, 1.82) is 0 Å². The maximum Gasteiger partial charge on any atom is 0.262 e. The summed E-state index contributed by atoms with van der Waals surface area (Å²) in [5.74, 6) is -1.01. The van der Waals surface area contributed by atoms with Gasteiger partial charge < -0.3 is 10.2 Å². The highest BCUT2D eigenvalue weighted by atomic mass is 16.2. The van der Waals surface area contributed by atoms with Crippen molar-refractivity contribution in [3.8, 4) is 0 Å². The van der Waals surface area contributed by atoms with Gasteiger partial charge in [-0.1, -0.05) is 60.7 Å². The lowest BCUT2D eigenvalue weighted by Gasteiger charge is -2.29. The molecule has 5 aromatic carbocycles. The van der Waals surface area contributed by atoms with Gasteiger partial charge in [-0.15, -0.1) is 0 Å². The van der Waals surface area contributed by atoms with Crippen molar-refractivity contribution in [2.24, 2.45) is 0 Å². The zero-order chi connectivity index (χ0) is 30.4. The van der Waals surface area contributed by atoms with Crippen molar-refractivity contribution in [3.63, 3.8) is 0 Å². The zero-order valence-electron chi connectivity index (χ0n) is 24.5. The van der Waals surface area contributed by atoms with Gasteiger partial charge in [0.1, 0.15) is 0 Å². The van der Waals surface area contributed by atoms with Gasteiger partial charge in [0.15, 0.2) is 0 Å². The van der Waals surface area contributed by atoms with Crippen LogP contribution in [0.3, 0.4) is 0 Å². The Morgan fingerprint density at radius 1 is 0.591 bits per heavy atom. The lowest BCUT2D eigenvalue weighted by atomic mass is 9.89. The monoisotopic (exact) mass is 584 g/mol. The lowest BCUT2D eigenvalue weighted by Crippen LogP contribution is -2.44. The molecule has 0 aromatic heterocycles. The first-order chi connectivity index (χ1) is 21.4. The number of hydrogen-bond acceptors (Lipinski definition) is 6. The second kappa shape index (κ2) is 11.3. The Morgan fingerprint density at radius 2 is 1.18 bits per heavy atom. The molecule has 0 radical (unpaired) electrons. The molecule has 8 heteroatoms. The summed E-state index contributed by atoms with van der Waals surface area (Å²) in [6.07, 6.45) is 0.829. The Bertz CT molecular complexity index is 1950. The van der Waals surface area contributed by atoms with E-state index in [4.69, 9.17) is 0 Å². The smallest absolute Gasteiger partial charge is 0.262 e. The van der Waals surface area contributed by atoms with E-state index >= 15 is 0 Å². The van der Waals surface area contributed by atoms with Crippen molar-refractivity contribution in [2.45, 2.75) is 6.42 Å². The zero-order valence-corrected chi connectivity index (χ0v) is 24.5. The maximum absolute atomic E-state index is 13.7. The Hall–Kier alpha value is -4.92. The number of likely N-dealkylation sites (N-methyl/N-ethyl adjacent to an activating group) is 1. The van der Waals surface area contributed by atoms with Gasteiger partial charge in [-0.2, -0.15) is 0 Å². The van der Waals surface area contributed by atoms with Crippen LogP contribution in [0.1, 0.15) is 47.9 Å². The fourth-order valence-electron chi connectivity index (χ4n) is 6.55. The van der Waals surface area contributed by atoms with Gasteiger partial charge in [0.2, 0.25) is 0 Å². The molecule has 0 saturated carbocycles. The van der Waals surface area contributed by atoms with Gasteiger partial charge in [0, 0.05) is 53.6 Å². The Kier molecular flexibility index (Phi) is 7.16. The fraction of sp³-hybridized carbons (Fsp3) is 0.222. The summed E-state index contributed by atoms with van der Waals surface area (Å²) in [5.41, 5.74) is 2.31. The van der Waals surface area contributed by atoms with Crippen LogP contribution in [0, 0.1) is 0 Å². The third kappa shape index (κ3) is 4.63. The number of nitrogens with one attached hydrogen (secondary N) is 1.